The molecule has 0 aromatic heterocycles. The van der Waals surface area contributed by atoms with Gasteiger partial charge in [0.25, 0.3) is 0 Å². The van der Waals surface area contributed by atoms with E-state index in [1.165, 1.54) is 39.3 Å². The number of esters is 1. The third-order valence-electron chi connectivity index (χ3n) is 3.06. The van der Waals surface area contributed by atoms with Crippen molar-refractivity contribution < 1.29 is 22.7 Å². The Hall–Kier alpha value is -2.11. The molecule has 0 bridgehead atoms. The summed E-state index contributed by atoms with van der Waals surface area (Å²) in [5.74, 6) is -0.539. The molecular weight excluding hydrogens is 308 g/mol. The van der Waals surface area contributed by atoms with Crippen LogP contribution >= 0.6 is 0 Å². The average molecular weight is 326 g/mol. The summed E-state index contributed by atoms with van der Waals surface area (Å²) in [4.78, 5) is 11.6. The smallest absolute Gasteiger partial charge is 0.338 e. The van der Waals surface area contributed by atoms with Gasteiger partial charge in [-0.2, -0.15) is 9.57 Å². The average Bonchev–Trinajstić information content (AvgIpc) is 2.52. The summed E-state index contributed by atoms with van der Waals surface area (Å²) in [5.41, 5.74) is 0.0965. The van der Waals surface area contributed by atoms with Crippen LogP contribution in [0, 0.1) is 11.3 Å². The first-order valence-corrected chi connectivity index (χ1v) is 7.96. The van der Waals surface area contributed by atoms with Gasteiger partial charge in [-0.15, -0.1) is 0 Å². The molecule has 0 saturated carbocycles. The molecule has 0 heterocycles. The molecule has 0 saturated heterocycles. The summed E-state index contributed by atoms with van der Waals surface area (Å²) in [6.45, 7) is 3.29. The number of carbonyl (C=O) groups excluding carboxylic acids is 1. The van der Waals surface area contributed by atoms with E-state index in [0.717, 1.165) is 4.31 Å². The lowest BCUT2D eigenvalue weighted by Crippen LogP contribution is -2.34. The van der Waals surface area contributed by atoms with Gasteiger partial charge < -0.3 is 9.47 Å². The Morgan fingerprint density at radius 1 is 1.45 bits per heavy atom. The van der Waals surface area contributed by atoms with Crippen LogP contribution in [-0.4, -0.2) is 45.5 Å². The predicted octanol–water partition coefficient (Wildman–Crippen LogP) is 1.40. The van der Waals surface area contributed by atoms with Crippen LogP contribution in [0.3, 0.4) is 0 Å². The Morgan fingerprint density at radius 3 is 2.59 bits per heavy atom. The molecule has 0 amide bonds. The lowest BCUT2D eigenvalue weighted by atomic mass is 10.2. The number of nitriles is 1. The van der Waals surface area contributed by atoms with Crippen LogP contribution in [0.4, 0.5) is 0 Å². The third kappa shape index (κ3) is 3.55. The van der Waals surface area contributed by atoms with Gasteiger partial charge in [-0.3, -0.25) is 0 Å². The fraction of sp³-hybridized carbons (Fsp3) is 0.429. The van der Waals surface area contributed by atoms with Crippen molar-refractivity contribution in [3.8, 4) is 11.8 Å². The van der Waals surface area contributed by atoms with Crippen LogP contribution in [0.25, 0.3) is 0 Å². The highest BCUT2D eigenvalue weighted by Gasteiger charge is 2.29. The minimum absolute atomic E-state index is 0.0880. The summed E-state index contributed by atoms with van der Waals surface area (Å²) in [5, 5.41) is 8.89. The van der Waals surface area contributed by atoms with E-state index in [1.807, 2.05) is 6.07 Å². The summed E-state index contributed by atoms with van der Waals surface area (Å²) < 4.78 is 36.0. The quantitative estimate of drug-likeness (QED) is 0.733. The second kappa shape index (κ2) is 7.24. The van der Waals surface area contributed by atoms with Crippen molar-refractivity contribution in [1.29, 1.82) is 5.26 Å². The molecular formula is C14H18N2O5S. The summed E-state index contributed by atoms with van der Waals surface area (Å²) >= 11 is 0. The standard InChI is InChI=1S/C14H18N2O5S/c1-5-21-14(17)11-6-7-12(20-4)13(8-11)22(18,19)16(3)10(2)9-15/h6-8,10H,5H2,1-4H3. The molecule has 7 nitrogen and oxygen atoms in total. The van der Waals surface area contributed by atoms with Gasteiger partial charge in [0.05, 0.1) is 25.3 Å². The van der Waals surface area contributed by atoms with E-state index in [9.17, 15) is 13.2 Å². The van der Waals surface area contributed by atoms with E-state index in [0.29, 0.717) is 0 Å². The highest BCUT2D eigenvalue weighted by molar-refractivity contribution is 7.89. The van der Waals surface area contributed by atoms with Gasteiger partial charge in [-0.05, 0) is 32.0 Å². The highest BCUT2D eigenvalue weighted by Crippen LogP contribution is 2.28. The molecule has 120 valence electrons. The number of hydrogen-bond acceptors (Lipinski definition) is 6. The Morgan fingerprint density at radius 2 is 2.09 bits per heavy atom. The molecule has 1 atom stereocenters. The van der Waals surface area contributed by atoms with Crippen LogP contribution in [0.15, 0.2) is 23.1 Å². The number of hydrogen-bond donors (Lipinski definition) is 0. The van der Waals surface area contributed by atoms with Crippen molar-refractivity contribution in [2.75, 3.05) is 20.8 Å². The van der Waals surface area contributed by atoms with Crippen LogP contribution in [0.5, 0.6) is 5.75 Å². The number of benzene rings is 1. The van der Waals surface area contributed by atoms with Crippen LogP contribution in [0.1, 0.15) is 24.2 Å². The molecule has 0 radical (unpaired) electrons. The highest BCUT2D eigenvalue weighted by atomic mass is 32.2. The molecule has 0 spiro atoms. The SMILES string of the molecule is CCOC(=O)c1ccc(OC)c(S(=O)(=O)N(C)C(C)C#N)c1. The molecule has 0 aliphatic carbocycles. The molecule has 0 aliphatic heterocycles. The number of sulfonamides is 1. The van der Waals surface area contributed by atoms with Gasteiger partial charge >= 0.3 is 5.97 Å². The van der Waals surface area contributed by atoms with Gasteiger partial charge in [0.15, 0.2) is 0 Å². The Kier molecular flexibility index (Phi) is 5.91. The van der Waals surface area contributed by atoms with E-state index in [1.54, 1.807) is 6.92 Å². The summed E-state index contributed by atoms with van der Waals surface area (Å²) in [7, 11) is -1.37. The van der Waals surface area contributed by atoms with E-state index in [-0.39, 0.29) is 22.8 Å². The maximum absolute atomic E-state index is 12.6. The Balaban J connectivity index is 3.41. The number of ether oxygens (including phenoxy) is 2. The lowest BCUT2D eigenvalue weighted by molar-refractivity contribution is 0.0526. The van der Waals surface area contributed by atoms with E-state index < -0.39 is 22.0 Å². The molecule has 1 unspecified atom stereocenters. The lowest BCUT2D eigenvalue weighted by Gasteiger charge is -2.20. The fourth-order valence-electron chi connectivity index (χ4n) is 1.66. The molecule has 1 aromatic carbocycles. The zero-order valence-electron chi connectivity index (χ0n) is 12.9. The van der Waals surface area contributed by atoms with Gasteiger partial charge in [-0.1, -0.05) is 0 Å². The van der Waals surface area contributed by atoms with Crippen molar-refractivity contribution in [2.45, 2.75) is 24.8 Å². The summed E-state index contributed by atoms with van der Waals surface area (Å²) in [6.07, 6.45) is 0. The first-order chi connectivity index (χ1) is 10.3. The minimum Gasteiger partial charge on any atom is -0.495 e. The van der Waals surface area contributed by atoms with Crippen molar-refractivity contribution in [1.82, 2.24) is 4.31 Å². The molecule has 22 heavy (non-hydrogen) atoms. The fourth-order valence-corrected chi connectivity index (χ4v) is 3.12. The Bertz CT molecular complexity index is 694. The van der Waals surface area contributed by atoms with Crippen LogP contribution in [-0.2, 0) is 14.8 Å². The number of carbonyl (C=O) groups is 1. The maximum Gasteiger partial charge on any atom is 0.338 e. The third-order valence-corrected chi connectivity index (χ3v) is 5.01. The molecule has 1 rings (SSSR count). The molecule has 1 aromatic rings. The van der Waals surface area contributed by atoms with Crippen LogP contribution in [0.2, 0.25) is 0 Å². The van der Waals surface area contributed by atoms with Gasteiger partial charge in [0.1, 0.15) is 16.7 Å². The second-order valence-electron chi connectivity index (χ2n) is 4.41. The van der Waals surface area contributed by atoms with E-state index in [4.69, 9.17) is 14.7 Å². The van der Waals surface area contributed by atoms with Crippen molar-refractivity contribution in [3.63, 3.8) is 0 Å². The van der Waals surface area contributed by atoms with E-state index >= 15 is 0 Å². The monoisotopic (exact) mass is 326 g/mol. The van der Waals surface area contributed by atoms with Gasteiger partial charge in [-0.25, -0.2) is 13.2 Å². The van der Waals surface area contributed by atoms with Crippen LogP contribution < -0.4 is 4.74 Å². The van der Waals surface area contributed by atoms with Gasteiger partial charge in [0, 0.05) is 7.05 Å². The van der Waals surface area contributed by atoms with Crippen molar-refractivity contribution in [2.24, 2.45) is 0 Å². The molecule has 0 fully saturated rings. The molecule has 0 aliphatic rings. The zero-order valence-corrected chi connectivity index (χ0v) is 13.7. The minimum atomic E-state index is -3.99. The zero-order chi connectivity index (χ0) is 16.9. The van der Waals surface area contributed by atoms with Crippen molar-refractivity contribution >= 4 is 16.0 Å². The second-order valence-corrected chi connectivity index (χ2v) is 6.38. The molecule has 8 heteroatoms. The van der Waals surface area contributed by atoms with Gasteiger partial charge in [0.2, 0.25) is 10.0 Å². The molecule has 0 N–H and O–H groups in total. The largest absolute Gasteiger partial charge is 0.495 e. The predicted molar refractivity (Wildman–Crippen MR) is 79.0 cm³/mol. The first-order valence-electron chi connectivity index (χ1n) is 6.52. The maximum atomic E-state index is 12.6. The van der Waals surface area contributed by atoms with Crippen molar-refractivity contribution in [3.05, 3.63) is 23.8 Å². The summed E-state index contributed by atoms with van der Waals surface area (Å²) in [6, 6.07) is 4.98. The first kappa shape index (κ1) is 17.9. The van der Waals surface area contributed by atoms with E-state index in [2.05, 4.69) is 0 Å². The number of methoxy groups -OCH3 is 1. The number of nitrogens with zero attached hydrogens (tertiary/aromatic N) is 2. The topological polar surface area (TPSA) is 96.7 Å². The number of rotatable bonds is 6. The Labute approximate surface area is 130 Å². The normalized spacial score (nSPS) is 12.5.